The van der Waals surface area contributed by atoms with E-state index in [9.17, 15) is 4.79 Å². The van der Waals surface area contributed by atoms with Crippen LogP contribution in [-0.2, 0) is 22.5 Å². The number of ether oxygens (including phenoxy) is 1. The van der Waals surface area contributed by atoms with Gasteiger partial charge in [0.15, 0.2) is 0 Å². The van der Waals surface area contributed by atoms with Crippen LogP contribution >= 0.6 is 23.2 Å². The lowest BCUT2D eigenvalue weighted by atomic mass is 9.93. The third-order valence-corrected chi connectivity index (χ3v) is 5.46. The molecular formula is C20H22Cl2N2O3. The van der Waals surface area contributed by atoms with Crippen LogP contribution in [0.2, 0.25) is 10.0 Å². The monoisotopic (exact) mass is 408 g/mol. The van der Waals surface area contributed by atoms with E-state index in [4.69, 9.17) is 32.8 Å². The number of hydrogen-bond acceptors (Lipinski definition) is 4. The summed E-state index contributed by atoms with van der Waals surface area (Å²) in [6.07, 6.45) is 2.63. The molecule has 27 heavy (non-hydrogen) atoms. The number of carbonyl (C=O) groups excluding carboxylic acids is 1. The number of rotatable bonds is 5. The van der Waals surface area contributed by atoms with E-state index in [-0.39, 0.29) is 5.97 Å². The number of esters is 1. The van der Waals surface area contributed by atoms with Gasteiger partial charge in [-0.3, -0.25) is 0 Å². The molecule has 1 aromatic heterocycles. The Balaban J connectivity index is 2.15. The Hall–Kier alpha value is -1.98. The van der Waals surface area contributed by atoms with Gasteiger partial charge < -0.3 is 14.1 Å². The van der Waals surface area contributed by atoms with Gasteiger partial charge in [-0.15, -0.1) is 0 Å². The summed E-state index contributed by atoms with van der Waals surface area (Å²) < 4.78 is 7.35. The van der Waals surface area contributed by atoms with E-state index in [2.05, 4.69) is 5.16 Å². The molecule has 3 rings (SSSR count). The highest BCUT2D eigenvalue weighted by Gasteiger charge is 2.30. The van der Waals surface area contributed by atoms with Gasteiger partial charge in [-0.25, -0.2) is 4.79 Å². The topological polar surface area (TPSA) is 52.8 Å². The molecule has 0 atom stereocenters. The molecule has 2 aromatic rings. The van der Waals surface area contributed by atoms with E-state index in [1.54, 1.807) is 13.0 Å². The minimum atomic E-state index is -0.332. The Labute approximate surface area is 168 Å². The van der Waals surface area contributed by atoms with Crippen molar-refractivity contribution in [2.75, 3.05) is 13.7 Å². The number of hydrogen-bond donors (Lipinski definition) is 0. The lowest BCUT2D eigenvalue weighted by molar-refractivity contribution is 0.0513. The molecule has 0 fully saturated rings. The Bertz CT molecular complexity index is 903. The van der Waals surface area contributed by atoms with Gasteiger partial charge in [0.25, 0.3) is 0 Å². The number of benzene rings is 1. The Morgan fingerprint density at radius 3 is 2.70 bits per heavy atom. The summed E-state index contributed by atoms with van der Waals surface area (Å²) in [7, 11) is 1.54. The first-order chi connectivity index (χ1) is 13.0. The molecule has 0 aliphatic heterocycles. The molecule has 1 heterocycles. The Morgan fingerprint density at radius 2 is 2.04 bits per heavy atom. The minimum Gasteiger partial charge on any atom is -0.461 e. The predicted octanol–water partition coefficient (Wildman–Crippen LogP) is 5.02. The third kappa shape index (κ3) is 3.85. The molecule has 0 saturated carbocycles. The lowest BCUT2D eigenvalue weighted by Crippen LogP contribution is -2.17. The molecule has 0 N–H and O–H groups in total. The van der Waals surface area contributed by atoms with Gasteiger partial charge in [0.05, 0.1) is 22.4 Å². The molecule has 0 unspecified atom stereocenters. The van der Waals surface area contributed by atoms with Crippen molar-refractivity contribution in [3.8, 4) is 0 Å². The number of oxime groups is 1. The van der Waals surface area contributed by atoms with Gasteiger partial charge in [-0.05, 0) is 56.4 Å². The van der Waals surface area contributed by atoms with E-state index >= 15 is 0 Å². The van der Waals surface area contributed by atoms with Crippen LogP contribution in [0.4, 0.5) is 0 Å². The SMILES string of the molecule is CCOC(=O)c1c(C)c2c(n1Cc1ccc(Cl)c(Cl)c1)CCC/C2=N/OC. The molecule has 0 amide bonds. The van der Waals surface area contributed by atoms with Crippen LogP contribution in [0.5, 0.6) is 0 Å². The average molecular weight is 409 g/mol. The maximum atomic E-state index is 12.7. The van der Waals surface area contributed by atoms with E-state index < -0.39 is 0 Å². The van der Waals surface area contributed by atoms with E-state index in [1.165, 1.54) is 7.11 Å². The summed E-state index contributed by atoms with van der Waals surface area (Å²) in [5.41, 5.74) is 5.32. The highest BCUT2D eigenvalue weighted by molar-refractivity contribution is 6.42. The molecule has 7 heteroatoms. The maximum Gasteiger partial charge on any atom is 0.355 e. The van der Waals surface area contributed by atoms with Crippen LogP contribution in [0.25, 0.3) is 0 Å². The zero-order chi connectivity index (χ0) is 19.6. The van der Waals surface area contributed by atoms with E-state index in [1.807, 2.05) is 23.6 Å². The Kier molecular flexibility index (Phi) is 6.12. The third-order valence-electron chi connectivity index (χ3n) is 4.73. The fraction of sp³-hybridized carbons (Fsp3) is 0.400. The van der Waals surface area contributed by atoms with Crippen LogP contribution in [0, 0.1) is 6.92 Å². The molecule has 0 spiro atoms. The summed E-state index contributed by atoms with van der Waals surface area (Å²) in [4.78, 5) is 17.7. The zero-order valence-corrected chi connectivity index (χ0v) is 17.2. The number of fused-ring (bicyclic) bond motifs is 1. The molecular weight excluding hydrogens is 387 g/mol. The second kappa shape index (κ2) is 8.36. The van der Waals surface area contributed by atoms with Crippen molar-refractivity contribution in [2.24, 2.45) is 5.16 Å². The summed E-state index contributed by atoms with van der Waals surface area (Å²) in [5, 5.41) is 5.19. The highest BCUT2D eigenvalue weighted by Crippen LogP contribution is 2.32. The average Bonchev–Trinajstić information content (AvgIpc) is 2.92. The molecule has 1 aromatic carbocycles. The van der Waals surface area contributed by atoms with E-state index in [0.29, 0.717) is 28.9 Å². The normalized spacial score (nSPS) is 14.9. The van der Waals surface area contributed by atoms with Crippen LogP contribution in [-0.4, -0.2) is 30.0 Å². The first-order valence-corrected chi connectivity index (χ1v) is 9.66. The van der Waals surface area contributed by atoms with Gasteiger partial charge in [-0.2, -0.15) is 0 Å². The number of nitrogens with zero attached hydrogens (tertiary/aromatic N) is 2. The second-order valence-electron chi connectivity index (χ2n) is 6.42. The number of aromatic nitrogens is 1. The summed E-state index contributed by atoms with van der Waals surface area (Å²) in [6, 6.07) is 5.51. The van der Waals surface area contributed by atoms with Crippen LogP contribution < -0.4 is 0 Å². The van der Waals surface area contributed by atoms with Gasteiger partial charge in [0.2, 0.25) is 0 Å². The largest absolute Gasteiger partial charge is 0.461 e. The first-order valence-electron chi connectivity index (χ1n) is 8.91. The first kappa shape index (κ1) is 19.8. The molecule has 5 nitrogen and oxygen atoms in total. The predicted molar refractivity (Wildman–Crippen MR) is 107 cm³/mol. The second-order valence-corrected chi connectivity index (χ2v) is 7.24. The molecule has 0 saturated heterocycles. The van der Waals surface area contributed by atoms with Gasteiger partial charge in [0, 0.05) is 17.8 Å². The molecule has 0 radical (unpaired) electrons. The van der Waals surface area contributed by atoms with Crippen LogP contribution in [0.3, 0.4) is 0 Å². The van der Waals surface area contributed by atoms with Crippen molar-refractivity contribution in [3.05, 3.63) is 56.3 Å². The van der Waals surface area contributed by atoms with Gasteiger partial charge in [-0.1, -0.05) is 34.4 Å². The van der Waals surface area contributed by atoms with Crippen LogP contribution in [0.15, 0.2) is 23.4 Å². The highest BCUT2D eigenvalue weighted by atomic mass is 35.5. The van der Waals surface area contributed by atoms with Crippen molar-refractivity contribution in [1.82, 2.24) is 4.57 Å². The van der Waals surface area contributed by atoms with Crippen molar-refractivity contribution in [1.29, 1.82) is 0 Å². The minimum absolute atomic E-state index is 0.319. The van der Waals surface area contributed by atoms with Crippen molar-refractivity contribution >= 4 is 34.9 Å². The fourth-order valence-electron chi connectivity index (χ4n) is 3.66. The fourth-order valence-corrected chi connectivity index (χ4v) is 3.98. The molecule has 1 aliphatic rings. The molecule has 0 bridgehead atoms. The smallest absolute Gasteiger partial charge is 0.355 e. The Morgan fingerprint density at radius 1 is 1.26 bits per heavy atom. The van der Waals surface area contributed by atoms with Crippen molar-refractivity contribution in [3.63, 3.8) is 0 Å². The summed E-state index contributed by atoms with van der Waals surface area (Å²) in [5.74, 6) is -0.332. The van der Waals surface area contributed by atoms with E-state index in [0.717, 1.165) is 47.4 Å². The molecule has 144 valence electrons. The van der Waals surface area contributed by atoms with Crippen LogP contribution in [0.1, 0.15) is 52.6 Å². The van der Waals surface area contributed by atoms with Crippen molar-refractivity contribution in [2.45, 2.75) is 39.7 Å². The number of halogens is 2. The maximum absolute atomic E-state index is 12.7. The summed E-state index contributed by atoms with van der Waals surface area (Å²) in [6.45, 7) is 4.56. The van der Waals surface area contributed by atoms with Crippen molar-refractivity contribution < 1.29 is 14.4 Å². The van der Waals surface area contributed by atoms with Gasteiger partial charge in [0.1, 0.15) is 12.8 Å². The molecule has 1 aliphatic carbocycles. The standard InChI is InChI=1S/C20H22Cl2N2O3/c1-4-27-20(25)19-12(2)18-16(23-26-3)6-5-7-17(18)24(19)11-13-8-9-14(21)15(22)10-13/h8-10H,4-7,11H2,1-3H3/b23-16-. The van der Waals surface area contributed by atoms with Gasteiger partial charge >= 0.3 is 5.97 Å². The quantitative estimate of drug-likeness (QED) is 0.515. The zero-order valence-electron chi connectivity index (χ0n) is 15.6. The number of carbonyl (C=O) groups is 1. The lowest BCUT2D eigenvalue weighted by Gasteiger charge is -2.18. The summed E-state index contributed by atoms with van der Waals surface area (Å²) >= 11 is 12.2.